The molecule has 1 aromatic carbocycles. The van der Waals surface area contributed by atoms with E-state index in [4.69, 9.17) is 4.74 Å². The quantitative estimate of drug-likeness (QED) is 0.841. The Morgan fingerprint density at radius 2 is 2.11 bits per heavy atom. The molecule has 100 valence electrons. The minimum atomic E-state index is -0.467. The molecule has 0 saturated carbocycles. The van der Waals surface area contributed by atoms with Crippen LogP contribution in [0, 0.1) is 6.92 Å². The van der Waals surface area contributed by atoms with Crippen LogP contribution >= 0.6 is 0 Å². The molecular weight excluding hydrogens is 226 g/mol. The van der Waals surface area contributed by atoms with E-state index in [0.29, 0.717) is 0 Å². The maximum atomic E-state index is 11.9. The van der Waals surface area contributed by atoms with Crippen LogP contribution in [-0.2, 0) is 4.79 Å². The Balaban J connectivity index is 2.49. The number of carbonyl (C=O) groups is 1. The van der Waals surface area contributed by atoms with Gasteiger partial charge in [0.2, 0.25) is 0 Å². The van der Waals surface area contributed by atoms with E-state index < -0.39 is 6.10 Å². The summed E-state index contributed by atoms with van der Waals surface area (Å²) in [5, 5.41) is 2.95. The first-order valence-corrected chi connectivity index (χ1v) is 6.56. The molecule has 0 saturated heterocycles. The van der Waals surface area contributed by atoms with Gasteiger partial charge in [0.25, 0.3) is 5.91 Å². The van der Waals surface area contributed by atoms with Crippen LogP contribution in [0.4, 0.5) is 0 Å². The third-order valence-corrected chi connectivity index (χ3v) is 2.78. The van der Waals surface area contributed by atoms with Crippen LogP contribution in [-0.4, -0.2) is 18.1 Å². The Bertz CT molecular complexity index is 390. The molecule has 1 amide bonds. The highest BCUT2D eigenvalue weighted by molar-refractivity contribution is 5.80. The van der Waals surface area contributed by atoms with Gasteiger partial charge in [-0.1, -0.05) is 25.5 Å². The van der Waals surface area contributed by atoms with Gasteiger partial charge in [0.05, 0.1) is 0 Å². The minimum absolute atomic E-state index is 0.0579. The van der Waals surface area contributed by atoms with Gasteiger partial charge >= 0.3 is 0 Å². The second-order valence-electron chi connectivity index (χ2n) is 4.77. The Labute approximate surface area is 110 Å². The molecule has 0 radical (unpaired) electrons. The summed E-state index contributed by atoms with van der Waals surface area (Å²) in [6, 6.07) is 7.92. The highest BCUT2D eigenvalue weighted by Gasteiger charge is 2.16. The molecule has 1 aromatic rings. The Morgan fingerprint density at radius 3 is 2.72 bits per heavy atom. The second-order valence-corrected chi connectivity index (χ2v) is 4.77. The third kappa shape index (κ3) is 4.78. The molecular formula is C15H23NO2. The Hall–Kier alpha value is -1.51. The summed E-state index contributed by atoms with van der Waals surface area (Å²) in [5.74, 6) is 0.679. The molecule has 0 heterocycles. The van der Waals surface area contributed by atoms with Crippen LogP contribution in [0.1, 0.15) is 39.2 Å². The summed E-state index contributed by atoms with van der Waals surface area (Å²) in [7, 11) is 0. The lowest BCUT2D eigenvalue weighted by atomic mass is 10.2. The number of ether oxygens (including phenoxy) is 1. The molecule has 1 rings (SSSR count). The Kier molecular flexibility index (Phi) is 5.69. The van der Waals surface area contributed by atoms with Gasteiger partial charge in [-0.15, -0.1) is 0 Å². The fourth-order valence-electron chi connectivity index (χ4n) is 1.81. The van der Waals surface area contributed by atoms with Gasteiger partial charge in [0, 0.05) is 6.04 Å². The van der Waals surface area contributed by atoms with Gasteiger partial charge in [-0.25, -0.2) is 0 Å². The first-order chi connectivity index (χ1) is 8.52. The van der Waals surface area contributed by atoms with Crippen molar-refractivity contribution in [2.45, 2.75) is 52.7 Å². The van der Waals surface area contributed by atoms with Crippen molar-refractivity contribution < 1.29 is 9.53 Å². The summed E-state index contributed by atoms with van der Waals surface area (Å²) < 4.78 is 5.62. The number of carbonyl (C=O) groups excluding carboxylic acids is 1. The maximum Gasteiger partial charge on any atom is 0.260 e. The molecule has 0 aliphatic rings. The van der Waals surface area contributed by atoms with E-state index >= 15 is 0 Å². The first-order valence-electron chi connectivity index (χ1n) is 6.56. The van der Waals surface area contributed by atoms with Gasteiger partial charge in [0.1, 0.15) is 5.75 Å². The molecule has 0 spiro atoms. The average Bonchev–Trinajstić information content (AvgIpc) is 2.29. The monoisotopic (exact) mass is 249 g/mol. The van der Waals surface area contributed by atoms with E-state index in [9.17, 15) is 4.79 Å². The van der Waals surface area contributed by atoms with Crippen molar-refractivity contribution in [2.75, 3.05) is 0 Å². The van der Waals surface area contributed by atoms with E-state index in [0.717, 1.165) is 24.2 Å². The van der Waals surface area contributed by atoms with Crippen molar-refractivity contribution in [1.29, 1.82) is 0 Å². The second kappa shape index (κ2) is 7.04. The van der Waals surface area contributed by atoms with Crippen molar-refractivity contribution in [2.24, 2.45) is 0 Å². The van der Waals surface area contributed by atoms with E-state index in [1.807, 2.05) is 38.1 Å². The van der Waals surface area contributed by atoms with Crippen molar-refractivity contribution >= 4 is 5.91 Å². The van der Waals surface area contributed by atoms with Crippen LogP contribution in [0.5, 0.6) is 5.75 Å². The molecule has 18 heavy (non-hydrogen) atoms. The number of amides is 1. The number of benzene rings is 1. The molecule has 0 fully saturated rings. The smallest absolute Gasteiger partial charge is 0.260 e. The standard InChI is InChI=1S/C15H23NO2/c1-5-7-12(3)16-15(17)13(4)18-14-9-6-8-11(2)10-14/h6,8-10,12-13H,5,7H2,1-4H3,(H,16,17)/t12-,13+/m1/s1. The van der Waals surface area contributed by atoms with Crippen LogP contribution < -0.4 is 10.1 Å². The maximum absolute atomic E-state index is 11.9. The predicted octanol–water partition coefficient (Wildman–Crippen LogP) is 3.07. The molecule has 3 heteroatoms. The fraction of sp³-hybridized carbons (Fsp3) is 0.533. The van der Waals surface area contributed by atoms with Crippen molar-refractivity contribution in [3.63, 3.8) is 0 Å². The van der Waals surface area contributed by atoms with Gasteiger partial charge in [0.15, 0.2) is 6.10 Å². The summed E-state index contributed by atoms with van der Waals surface area (Å²) in [6.45, 7) is 7.90. The van der Waals surface area contributed by atoms with Gasteiger partial charge in [-0.05, 0) is 44.9 Å². The predicted molar refractivity (Wildman–Crippen MR) is 73.8 cm³/mol. The number of hydrogen-bond donors (Lipinski definition) is 1. The number of hydrogen-bond acceptors (Lipinski definition) is 2. The lowest BCUT2D eigenvalue weighted by Gasteiger charge is -2.18. The molecule has 0 unspecified atom stereocenters. The largest absolute Gasteiger partial charge is 0.481 e. The van der Waals surface area contributed by atoms with Crippen molar-refractivity contribution in [3.05, 3.63) is 29.8 Å². The summed E-state index contributed by atoms with van der Waals surface area (Å²) in [5.41, 5.74) is 1.12. The van der Waals surface area contributed by atoms with E-state index in [2.05, 4.69) is 12.2 Å². The van der Waals surface area contributed by atoms with E-state index in [-0.39, 0.29) is 11.9 Å². The van der Waals surface area contributed by atoms with Crippen LogP contribution in [0.2, 0.25) is 0 Å². The molecule has 2 atom stereocenters. The molecule has 0 aliphatic heterocycles. The highest BCUT2D eigenvalue weighted by Crippen LogP contribution is 2.14. The zero-order valence-electron chi connectivity index (χ0n) is 11.7. The minimum Gasteiger partial charge on any atom is -0.481 e. The fourth-order valence-corrected chi connectivity index (χ4v) is 1.81. The van der Waals surface area contributed by atoms with Crippen LogP contribution in [0.15, 0.2) is 24.3 Å². The van der Waals surface area contributed by atoms with Crippen LogP contribution in [0.3, 0.4) is 0 Å². The number of rotatable bonds is 6. The van der Waals surface area contributed by atoms with Crippen LogP contribution in [0.25, 0.3) is 0 Å². The SMILES string of the molecule is CCC[C@@H](C)NC(=O)[C@H](C)Oc1cccc(C)c1. The number of nitrogens with one attached hydrogen (secondary N) is 1. The van der Waals surface area contributed by atoms with E-state index in [1.54, 1.807) is 6.92 Å². The highest BCUT2D eigenvalue weighted by atomic mass is 16.5. The van der Waals surface area contributed by atoms with Gasteiger partial charge < -0.3 is 10.1 Å². The zero-order valence-corrected chi connectivity index (χ0v) is 11.7. The zero-order chi connectivity index (χ0) is 13.5. The topological polar surface area (TPSA) is 38.3 Å². The first kappa shape index (κ1) is 14.6. The van der Waals surface area contributed by atoms with Gasteiger partial charge in [-0.2, -0.15) is 0 Å². The van der Waals surface area contributed by atoms with Crippen molar-refractivity contribution in [1.82, 2.24) is 5.32 Å². The molecule has 1 N–H and O–H groups in total. The van der Waals surface area contributed by atoms with Gasteiger partial charge in [-0.3, -0.25) is 4.79 Å². The third-order valence-electron chi connectivity index (χ3n) is 2.78. The average molecular weight is 249 g/mol. The van der Waals surface area contributed by atoms with Crippen molar-refractivity contribution in [3.8, 4) is 5.75 Å². The lowest BCUT2D eigenvalue weighted by Crippen LogP contribution is -2.41. The summed E-state index contributed by atoms with van der Waals surface area (Å²) in [6.07, 6.45) is 1.59. The number of aryl methyl sites for hydroxylation is 1. The normalized spacial score (nSPS) is 13.8. The molecule has 3 nitrogen and oxygen atoms in total. The molecule has 0 aromatic heterocycles. The molecule has 0 aliphatic carbocycles. The Morgan fingerprint density at radius 1 is 1.39 bits per heavy atom. The summed E-state index contributed by atoms with van der Waals surface area (Å²) in [4.78, 5) is 11.9. The summed E-state index contributed by atoms with van der Waals surface area (Å²) >= 11 is 0. The lowest BCUT2D eigenvalue weighted by molar-refractivity contribution is -0.127. The molecule has 0 bridgehead atoms. The van der Waals surface area contributed by atoms with E-state index in [1.165, 1.54) is 0 Å².